The Hall–Kier alpha value is -2.22. The van der Waals surface area contributed by atoms with Crippen LogP contribution in [-0.2, 0) is 12.2 Å². The highest BCUT2D eigenvalue weighted by atomic mass is 35.5. The summed E-state index contributed by atoms with van der Waals surface area (Å²) >= 11 is 9.16. The van der Waals surface area contributed by atoms with Gasteiger partial charge in [0.25, 0.3) is 5.78 Å². The van der Waals surface area contributed by atoms with Crippen LogP contribution in [0.5, 0.6) is 0 Å². The highest BCUT2D eigenvalue weighted by Crippen LogP contribution is 2.34. The maximum Gasteiger partial charge on any atom is 0.253 e. The molecule has 0 fully saturated rings. The van der Waals surface area contributed by atoms with Gasteiger partial charge in [0.2, 0.25) is 5.16 Å². The third-order valence-corrected chi connectivity index (χ3v) is 6.99. The van der Waals surface area contributed by atoms with Crippen molar-refractivity contribution in [3.63, 3.8) is 0 Å². The number of ketones is 1. The Labute approximate surface area is 174 Å². The van der Waals surface area contributed by atoms with Crippen molar-refractivity contribution in [2.75, 3.05) is 0 Å². The number of rotatable bonds is 4. The summed E-state index contributed by atoms with van der Waals surface area (Å²) in [4.78, 5) is 23.1. The molecule has 0 unspecified atom stereocenters. The number of halogens is 1. The molecule has 28 heavy (non-hydrogen) atoms. The van der Waals surface area contributed by atoms with Gasteiger partial charge in [-0.05, 0) is 35.6 Å². The Morgan fingerprint density at radius 1 is 1.18 bits per heavy atom. The fourth-order valence-electron chi connectivity index (χ4n) is 3.38. The van der Waals surface area contributed by atoms with Crippen molar-refractivity contribution in [3.8, 4) is 0 Å². The van der Waals surface area contributed by atoms with Crippen molar-refractivity contribution < 1.29 is 4.79 Å². The van der Waals surface area contributed by atoms with Crippen LogP contribution in [0, 0.1) is 0 Å². The second-order valence-corrected chi connectivity index (χ2v) is 9.06. The van der Waals surface area contributed by atoms with Crippen LogP contribution >= 0.6 is 34.7 Å². The lowest BCUT2D eigenvalue weighted by Gasteiger charge is -2.21. The largest absolute Gasteiger partial charge is 0.294 e. The van der Waals surface area contributed by atoms with Crippen LogP contribution in [0.3, 0.4) is 0 Å². The molecule has 5 rings (SSSR count). The maximum absolute atomic E-state index is 12.7. The normalized spacial score (nSPS) is 16.5. The van der Waals surface area contributed by atoms with Crippen LogP contribution in [0.2, 0.25) is 5.02 Å². The van der Waals surface area contributed by atoms with Crippen LogP contribution in [0.1, 0.15) is 38.8 Å². The van der Waals surface area contributed by atoms with Gasteiger partial charge in [-0.2, -0.15) is 4.98 Å². The number of aromatic nitrogens is 4. The SMILES string of the molecule is O=C1C[C@@H](c2cccs2)Cc2nc3nc(SCc4ccc(Cl)cc4)nn3cc21. The molecule has 3 aromatic heterocycles. The zero-order valence-electron chi connectivity index (χ0n) is 14.7. The molecular weight excluding hydrogens is 412 g/mol. The Balaban J connectivity index is 1.40. The quantitative estimate of drug-likeness (QED) is 0.427. The maximum atomic E-state index is 12.7. The number of thiophene rings is 1. The third kappa shape index (κ3) is 3.45. The summed E-state index contributed by atoms with van der Waals surface area (Å²) in [5.41, 5.74) is 2.64. The number of nitrogens with zero attached hydrogens (tertiary/aromatic N) is 4. The Morgan fingerprint density at radius 2 is 2.04 bits per heavy atom. The highest BCUT2D eigenvalue weighted by molar-refractivity contribution is 7.98. The predicted molar refractivity (Wildman–Crippen MR) is 112 cm³/mol. The minimum atomic E-state index is 0.125. The molecule has 3 heterocycles. The number of hydrogen-bond acceptors (Lipinski definition) is 6. The lowest BCUT2D eigenvalue weighted by atomic mass is 9.86. The lowest BCUT2D eigenvalue weighted by Crippen LogP contribution is -2.20. The summed E-state index contributed by atoms with van der Waals surface area (Å²) in [7, 11) is 0. The van der Waals surface area contributed by atoms with Gasteiger partial charge in [0.05, 0.1) is 11.3 Å². The molecule has 140 valence electrons. The van der Waals surface area contributed by atoms with E-state index in [4.69, 9.17) is 11.6 Å². The molecule has 0 saturated carbocycles. The number of hydrogen-bond donors (Lipinski definition) is 0. The molecule has 0 amide bonds. The van der Waals surface area contributed by atoms with Gasteiger partial charge in [-0.1, -0.05) is 41.6 Å². The standard InChI is InChI=1S/C20H15ClN4OS2/c21-14-5-3-12(4-6-14)11-28-20-23-19-22-16-8-13(18-2-1-7-27-18)9-17(26)15(16)10-25(19)24-20/h1-7,10,13H,8-9,11H2/t13-/m0/s1. The van der Waals surface area contributed by atoms with E-state index in [0.717, 1.165) is 28.5 Å². The van der Waals surface area contributed by atoms with Gasteiger partial charge in [0.15, 0.2) is 5.78 Å². The van der Waals surface area contributed by atoms with Crippen molar-refractivity contribution in [1.82, 2.24) is 19.6 Å². The smallest absolute Gasteiger partial charge is 0.253 e. The summed E-state index contributed by atoms with van der Waals surface area (Å²) < 4.78 is 1.62. The zero-order chi connectivity index (χ0) is 19.1. The van der Waals surface area contributed by atoms with Gasteiger partial charge in [0.1, 0.15) is 0 Å². The molecule has 0 aliphatic heterocycles. The van der Waals surface area contributed by atoms with Crippen LogP contribution in [0.25, 0.3) is 5.78 Å². The molecule has 8 heteroatoms. The second kappa shape index (κ2) is 7.31. The van der Waals surface area contributed by atoms with Gasteiger partial charge in [-0.25, -0.2) is 9.50 Å². The van der Waals surface area contributed by atoms with E-state index >= 15 is 0 Å². The van der Waals surface area contributed by atoms with Crippen LogP contribution in [0.4, 0.5) is 0 Å². The molecule has 1 atom stereocenters. The van der Waals surface area contributed by atoms with Crippen molar-refractivity contribution in [2.24, 2.45) is 0 Å². The van der Waals surface area contributed by atoms with Crippen molar-refractivity contribution in [2.45, 2.75) is 29.7 Å². The number of fused-ring (bicyclic) bond motifs is 2. The molecule has 0 radical (unpaired) electrons. The first-order chi connectivity index (χ1) is 13.7. The molecule has 4 aromatic rings. The van der Waals surface area contributed by atoms with Crippen LogP contribution < -0.4 is 0 Å². The Kier molecular flexibility index (Phi) is 4.66. The first-order valence-corrected chi connectivity index (χ1v) is 11.1. The molecule has 1 aliphatic carbocycles. The molecule has 0 N–H and O–H groups in total. The number of thioether (sulfide) groups is 1. The number of carbonyl (C=O) groups excluding carboxylic acids is 1. The summed E-state index contributed by atoms with van der Waals surface area (Å²) in [6.07, 6.45) is 3.07. The van der Waals surface area contributed by atoms with E-state index in [1.807, 2.05) is 30.3 Å². The first-order valence-electron chi connectivity index (χ1n) is 8.86. The van der Waals surface area contributed by atoms with E-state index < -0.39 is 0 Å². The van der Waals surface area contributed by atoms with Gasteiger partial charge >= 0.3 is 0 Å². The minimum absolute atomic E-state index is 0.125. The predicted octanol–water partition coefficient (Wildman–Crippen LogP) is 5.04. The van der Waals surface area contributed by atoms with E-state index in [1.54, 1.807) is 22.0 Å². The van der Waals surface area contributed by atoms with Crippen LogP contribution in [-0.4, -0.2) is 25.4 Å². The van der Waals surface area contributed by atoms with Crippen LogP contribution in [0.15, 0.2) is 53.1 Å². The molecule has 5 nitrogen and oxygen atoms in total. The van der Waals surface area contributed by atoms with Crippen molar-refractivity contribution >= 4 is 46.3 Å². The molecule has 1 aliphatic rings. The monoisotopic (exact) mass is 426 g/mol. The Morgan fingerprint density at radius 3 is 2.82 bits per heavy atom. The van der Waals surface area contributed by atoms with E-state index in [9.17, 15) is 4.79 Å². The average Bonchev–Trinajstić information content (AvgIpc) is 3.35. The summed E-state index contributed by atoms with van der Waals surface area (Å²) in [5, 5.41) is 7.90. The summed E-state index contributed by atoms with van der Waals surface area (Å²) in [6, 6.07) is 11.9. The van der Waals surface area contributed by atoms with E-state index in [0.29, 0.717) is 22.9 Å². The fraction of sp³-hybridized carbons (Fsp3) is 0.200. The Bertz CT molecular complexity index is 1160. The number of Topliss-reactive ketones (excluding diaryl/α,β-unsaturated/α-hetero) is 1. The van der Waals surface area contributed by atoms with Gasteiger partial charge in [-0.15, -0.1) is 16.4 Å². The van der Waals surface area contributed by atoms with E-state index in [1.165, 1.54) is 16.6 Å². The molecule has 1 aromatic carbocycles. The topological polar surface area (TPSA) is 60.2 Å². The molecule has 0 spiro atoms. The van der Waals surface area contributed by atoms with Gasteiger partial charge in [-0.3, -0.25) is 4.79 Å². The first kappa shape index (κ1) is 17.8. The van der Waals surface area contributed by atoms with Gasteiger partial charge < -0.3 is 0 Å². The second-order valence-electron chi connectivity index (χ2n) is 6.70. The molecule has 0 saturated heterocycles. The number of benzene rings is 1. The number of carbonyl (C=O) groups is 1. The average molecular weight is 427 g/mol. The van der Waals surface area contributed by atoms with Crippen molar-refractivity contribution in [1.29, 1.82) is 0 Å². The van der Waals surface area contributed by atoms with Crippen molar-refractivity contribution in [3.05, 3.63) is 74.7 Å². The summed E-state index contributed by atoms with van der Waals surface area (Å²) in [6.45, 7) is 0. The minimum Gasteiger partial charge on any atom is -0.294 e. The molecule has 0 bridgehead atoms. The lowest BCUT2D eigenvalue weighted by molar-refractivity contribution is 0.0963. The third-order valence-electron chi connectivity index (χ3n) is 4.79. The van der Waals surface area contributed by atoms with E-state index in [-0.39, 0.29) is 11.7 Å². The fourth-order valence-corrected chi connectivity index (χ4v) is 5.12. The zero-order valence-corrected chi connectivity index (χ0v) is 17.1. The summed E-state index contributed by atoms with van der Waals surface area (Å²) in [5.74, 6) is 1.61. The molecular formula is C20H15ClN4OS2. The van der Waals surface area contributed by atoms with E-state index in [2.05, 4.69) is 26.5 Å². The van der Waals surface area contributed by atoms with Gasteiger partial charge in [0, 0.05) is 34.2 Å². The highest BCUT2D eigenvalue weighted by Gasteiger charge is 2.29.